The zero-order valence-corrected chi connectivity index (χ0v) is 51.8. The Morgan fingerprint density at radius 2 is 1.69 bits per heavy atom. The minimum atomic E-state index is -5.87. The van der Waals surface area contributed by atoms with Gasteiger partial charge in [-0.15, -0.1) is 11.3 Å². The van der Waals surface area contributed by atoms with Gasteiger partial charge in [0, 0.05) is 76.9 Å². The third-order valence-corrected chi connectivity index (χ3v) is 18.5. The van der Waals surface area contributed by atoms with Crippen LogP contribution in [0.25, 0.3) is 50.1 Å². The lowest BCUT2D eigenvalue weighted by Crippen LogP contribution is -2.50. The zero-order chi connectivity index (χ0) is 66.5. The number of ketones is 2. The summed E-state index contributed by atoms with van der Waals surface area (Å²) in [5, 5.41) is 8.59. The summed E-state index contributed by atoms with van der Waals surface area (Å²) in [6, 6.07) is 18.4. The number of nitrogens with one attached hydrogen (secondary N) is 1. The van der Waals surface area contributed by atoms with E-state index in [9.17, 15) is 42.7 Å². The maximum Gasteiger partial charge on any atom is 0.737 e. The van der Waals surface area contributed by atoms with Gasteiger partial charge < -0.3 is 75.9 Å². The number of benzene rings is 2. The van der Waals surface area contributed by atoms with Crippen LogP contribution in [0.5, 0.6) is 17.2 Å². The highest BCUT2D eigenvalue weighted by molar-refractivity contribution is 7.66. The van der Waals surface area contributed by atoms with Gasteiger partial charge in [0.05, 0.1) is 41.7 Å². The van der Waals surface area contributed by atoms with Crippen LogP contribution in [-0.2, 0) is 62.0 Å². The molecule has 32 nitrogen and oxygen atoms in total. The summed E-state index contributed by atoms with van der Waals surface area (Å²) >= 11 is 1.40. The number of Topliss-reactive ketones (excluding diaryl/α,β-unsaturated/α-hetero) is 2. The fourth-order valence-corrected chi connectivity index (χ4v) is 13.6. The molecule has 93 heavy (non-hydrogen) atoms. The van der Waals surface area contributed by atoms with Crippen molar-refractivity contribution in [3.8, 4) is 29.1 Å². The zero-order valence-electron chi connectivity index (χ0n) is 48.3. The molecule has 1 fully saturated rings. The number of hydrogen-bond acceptors (Lipinski definition) is 21. The number of fused-ring (bicyclic) bond motifs is 3. The van der Waals surface area contributed by atoms with Gasteiger partial charge in [-0.25, -0.2) is 18.5 Å². The molecule has 6 aromatic rings. The largest absolute Gasteiger partial charge is 0.737 e. The first kappa shape index (κ1) is 68.5. The van der Waals surface area contributed by atoms with Crippen molar-refractivity contribution in [2.24, 2.45) is 10.2 Å². The van der Waals surface area contributed by atoms with Crippen LogP contribution in [0.4, 0.5) is 14.6 Å². The minimum Gasteiger partial charge on any atom is -0.494 e. The molecular weight excluding hydrogens is 1310 g/mol. The predicted molar refractivity (Wildman–Crippen MR) is 328 cm³/mol. The quantitative estimate of drug-likeness (QED) is 0.00336. The van der Waals surface area contributed by atoms with E-state index in [1.165, 1.54) is 40.3 Å². The Morgan fingerprint density at radius 3 is 2.44 bits per heavy atom. The van der Waals surface area contributed by atoms with Crippen LogP contribution in [0.1, 0.15) is 77.7 Å². The second kappa shape index (κ2) is 30.3. The molecule has 3 aliphatic heterocycles. The summed E-state index contributed by atoms with van der Waals surface area (Å²) in [6.45, 7) is -7.16. The maximum atomic E-state index is 16.2. The Balaban J connectivity index is 0.694. The van der Waals surface area contributed by atoms with Crippen molar-refractivity contribution in [3.63, 3.8) is 0 Å². The van der Waals surface area contributed by atoms with Crippen LogP contribution >= 0.6 is 34.8 Å². The van der Waals surface area contributed by atoms with E-state index in [4.69, 9.17) is 59.5 Å². The van der Waals surface area contributed by atoms with E-state index in [0.29, 0.717) is 52.7 Å². The van der Waals surface area contributed by atoms with E-state index >= 15 is 8.63 Å². The van der Waals surface area contributed by atoms with Gasteiger partial charge in [-0.3, -0.25) is 23.9 Å². The van der Waals surface area contributed by atoms with E-state index in [1.807, 2.05) is 17.5 Å². The molecule has 0 saturated carbocycles. The number of carbonyl (C=O) groups excluding carboxylic acids is 3. The summed E-state index contributed by atoms with van der Waals surface area (Å²) in [7, 11) is -17.2. The van der Waals surface area contributed by atoms with Gasteiger partial charge in [0.2, 0.25) is 5.95 Å². The van der Waals surface area contributed by atoms with Gasteiger partial charge in [-0.1, -0.05) is 46.3 Å². The van der Waals surface area contributed by atoms with Crippen LogP contribution in [0.15, 0.2) is 111 Å². The smallest absolute Gasteiger partial charge is 0.494 e. The Bertz CT molecular complexity index is 4340. The third-order valence-electron chi connectivity index (χ3n) is 13.8. The molecule has 3 aliphatic rings. The van der Waals surface area contributed by atoms with Crippen molar-refractivity contribution in [3.05, 3.63) is 160 Å². The highest BCUT2D eigenvalue weighted by atomic mass is 32.1. The number of carbonyl (C=O) groups is 3. The third kappa shape index (κ3) is 18.3. The predicted octanol–water partition coefficient (Wildman–Crippen LogP) is 8.60. The average molecular weight is 1360 g/mol. The fraction of sp³-hybridized carbons (Fsp3) is 0.296. The van der Waals surface area contributed by atoms with Crippen LogP contribution in [0.2, 0.25) is 0 Å². The number of allylic oxidation sites excluding steroid dienone is 2. The lowest BCUT2D eigenvalue weighted by atomic mass is 9.90. The number of phosphoric ester groups is 1. The monoisotopic (exact) mass is 1360 g/mol. The van der Waals surface area contributed by atoms with Gasteiger partial charge in [0.25, 0.3) is 5.56 Å². The van der Waals surface area contributed by atoms with Gasteiger partial charge in [0.1, 0.15) is 48.7 Å². The Hall–Kier alpha value is -8.83. The number of nitrogens with two attached hydrogens (primary N) is 1. The van der Waals surface area contributed by atoms with Crippen LogP contribution in [0, 0.1) is 11.8 Å². The van der Waals surface area contributed by atoms with Crippen molar-refractivity contribution >= 4 is 100 Å². The number of nitrogen functional groups attached to an aromatic ring is 1. The lowest BCUT2D eigenvalue weighted by molar-refractivity contribution is -0.360. The fourth-order valence-electron chi connectivity index (χ4n) is 9.83. The first-order valence-corrected chi connectivity index (χ1v) is 33.1. The molecule has 3 unspecified atom stereocenters. The SMILES string of the molecule is [N-]=[N+]=NCOC1C[C@H](n2cc(C#CCOC(=O)COc3ccc(OCCCC(=O)CCCC(=O)COc4ccc(/C=C/c5ccc6n5[B-](F)(F)[N+]5=C(c7cccs7)C=CC5=C6)cc4)cc3CN=[N+]=[N-])c3c(=O)[nH]c(N)nc32)O[C@@H]1COP(=O)(O)OP(=O)(O)OP(=O)(O)O. The molecule has 9 rings (SSSR count). The van der Waals surface area contributed by atoms with E-state index in [2.05, 4.69) is 50.5 Å². The molecule has 0 aliphatic carbocycles. The number of azide groups is 2. The molecule has 1 saturated heterocycles. The van der Waals surface area contributed by atoms with Crippen molar-refractivity contribution in [2.75, 3.05) is 45.5 Å². The summed E-state index contributed by atoms with van der Waals surface area (Å²) < 4.78 is 117. The summed E-state index contributed by atoms with van der Waals surface area (Å²) in [5.74, 6) is 4.74. The molecule has 0 amide bonds. The number of anilines is 1. The number of ether oxygens (including phenoxy) is 6. The van der Waals surface area contributed by atoms with Crippen molar-refractivity contribution in [1.82, 2.24) is 19.0 Å². The molecule has 39 heteroatoms. The number of phosphoric acid groups is 3. The van der Waals surface area contributed by atoms with Gasteiger partial charge in [0.15, 0.2) is 36.1 Å². The standard InChI is InChI=1S/C54H54BF2N12O20P3S/c56-55(57)68-37(14-15-38(68)26-39-16-20-44(69(39)55)48-9-4-24-93-48)13-10-34-11-17-42(18-12-34)83-30-41(71)7-1-6-40(70)8-3-22-81-43-19-21-45(36(25-43)28-61-65-59)84-32-50(72)82-23-2-5-35-29-67(52-51(35)53(73)64-54(58)63-52)49-27-46(85-33-62-66-60)47(87-49)31-86-91(77,78)89-92(79,80)88-90(74,75)76/h4,9-21,24-26,29,46-47,49H,1,3,6-8,22-23,27-28,30-33H2,(H,77,78)(H,79,80)(H2,74,75,76)(H3,58,63,64,73)/b13-10+/t46?,47-,49-/m1/s1. The minimum absolute atomic E-state index is 0.0169. The molecule has 488 valence electrons. The van der Waals surface area contributed by atoms with Crippen LogP contribution in [-0.4, -0.2) is 125 Å². The summed E-state index contributed by atoms with van der Waals surface area (Å²) in [5.41, 5.74) is 25.5. The number of aromatic amines is 1. The molecule has 7 N–H and O–H groups in total. The Morgan fingerprint density at radius 1 is 0.925 bits per heavy atom. The number of esters is 1. The second-order valence-electron chi connectivity index (χ2n) is 20.2. The molecule has 0 bridgehead atoms. The first-order chi connectivity index (χ1) is 44.4. The number of aromatic nitrogens is 4. The number of halogens is 2. The van der Waals surface area contributed by atoms with Crippen molar-refractivity contribution in [1.29, 1.82) is 0 Å². The highest BCUT2D eigenvalue weighted by Crippen LogP contribution is 2.66. The molecule has 2 aromatic carbocycles. The normalized spacial score (nSPS) is 17.7. The second-order valence-corrected chi connectivity index (χ2v) is 25.5. The van der Waals surface area contributed by atoms with E-state index < -0.39 is 87.0 Å². The Labute approximate surface area is 528 Å². The van der Waals surface area contributed by atoms with Crippen molar-refractivity contribution < 1.29 is 102 Å². The number of thiophene rings is 1. The topological polar surface area (TPSA) is 449 Å². The van der Waals surface area contributed by atoms with E-state index in [-0.39, 0.29) is 85.3 Å². The van der Waals surface area contributed by atoms with Gasteiger partial charge in [-0.05, 0) is 89.5 Å². The molecule has 0 radical (unpaired) electrons. The molecular formula is C54H54BF2N12O20P3S. The average Bonchev–Trinajstić information content (AvgIpc) is 1.59. The van der Waals surface area contributed by atoms with Crippen LogP contribution < -0.4 is 25.5 Å². The number of rotatable bonds is 32. The molecule has 4 aromatic heterocycles. The summed E-state index contributed by atoms with van der Waals surface area (Å²) in [6.07, 6.45) is 7.10. The van der Waals surface area contributed by atoms with E-state index in [0.717, 1.165) is 19.4 Å². The molecule has 5 atom stereocenters. The highest BCUT2D eigenvalue weighted by Gasteiger charge is 2.53. The first-order valence-electron chi connectivity index (χ1n) is 27.7. The van der Waals surface area contributed by atoms with Crippen LogP contribution in [0.3, 0.4) is 0 Å². The number of nitrogens with zero attached hydrogens (tertiary/aromatic N) is 10. The van der Waals surface area contributed by atoms with Gasteiger partial charge >= 0.3 is 36.4 Å². The summed E-state index contributed by atoms with van der Waals surface area (Å²) in [4.78, 5) is 101. The van der Waals surface area contributed by atoms with E-state index in [1.54, 1.807) is 66.8 Å². The Kier molecular flexibility index (Phi) is 22.3. The lowest BCUT2D eigenvalue weighted by Gasteiger charge is -2.30. The molecule has 7 heterocycles. The number of H-pyrrole nitrogens is 1. The maximum absolute atomic E-state index is 16.2. The van der Waals surface area contributed by atoms with Crippen molar-refractivity contribution in [2.45, 2.75) is 63.5 Å². The van der Waals surface area contributed by atoms with Gasteiger partial charge in [-0.2, -0.15) is 13.6 Å². The number of hydrogen-bond donors (Lipinski definition) is 6. The molecule has 0 spiro atoms.